The molecular formula is C20H26N2O4. The molecule has 1 aromatic carbocycles. The van der Waals surface area contributed by atoms with Crippen LogP contribution in [0, 0.1) is 11.8 Å². The number of hydrogen-bond donors (Lipinski definition) is 1. The minimum atomic E-state index is -1.00. The lowest BCUT2D eigenvalue weighted by Crippen LogP contribution is -2.29. The van der Waals surface area contributed by atoms with E-state index < -0.39 is 5.97 Å². The SMILES string of the molecule is CN1CC[C@@H](CC(=O)C[C@@H]2CCN(C(=O)c3ccc(C(=O)O)cc3)C2)C1. The number of likely N-dealkylation sites (tertiary alicyclic amines) is 2. The number of carbonyl (C=O) groups excluding carboxylic acids is 2. The number of carboxylic acid groups (broad SMARTS) is 1. The summed E-state index contributed by atoms with van der Waals surface area (Å²) < 4.78 is 0. The number of carboxylic acids is 1. The Kier molecular flexibility index (Phi) is 5.71. The Morgan fingerprint density at radius 1 is 0.962 bits per heavy atom. The summed E-state index contributed by atoms with van der Waals surface area (Å²) in [5.41, 5.74) is 0.667. The highest BCUT2D eigenvalue weighted by Gasteiger charge is 2.30. The third kappa shape index (κ3) is 4.49. The van der Waals surface area contributed by atoms with Crippen LogP contribution in [0.4, 0.5) is 0 Å². The van der Waals surface area contributed by atoms with Gasteiger partial charge in [-0.15, -0.1) is 0 Å². The number of carbonyl (C=O) groups is 3. The van der Waals surface area contributed by atoms with Crippen molar-refractivity contribution in [1.82, 2.24) is 9.80 Å². The van der Waals surface area contributed by atoms with E-state index in [0.717, 1.165) is 25.9 Å². The third-order valence-corrected chi connectivity index (χ3v) is 5.47. The molecule has 0 bridgehead atoms. The second kappa shape index (κ2) is 7.99. The van der Waals surface area contributed by atoms with Gasteiger partial charge >= 0.3 is 5.97 Å². The molecule has 0 radical (unpaired) electrons. The number of aromatic carboxylic acids is 1. The van der Waals surface area contributed by atoms with Gasteiger partial charge in [-0.1, -0.05) is 0 Å². The van der Waals surface area contributed by atoms with Gasteiger partial charge in [-0.05, 0) is 62.5 Å². The van der Waals surface area contributed by atoms with Gasteiger partial charge in [0.2, 0.25) is 0 Å². The fourth-order valence-electron chi connectivity index (χ4n) is 4.04. The van der Waals surface area contributed by atoms with E-state index in [4.69, 9.17) is 5.11 Å². The summed E-state index contributed by atoms with van der Waals surface area (Å²) in [7, 11) is 2.09. The first-order chi connectivity index (χ1) is 12.4. The van der Waals surface area contributed by atoms with Crippen LogP contribution in [0.25, 0.3) is 0 Å². The summed E-state index contributed by atoms with van der Waals surface area (Å²) >= 11 is 0. The zero-order valence-electron chi connectivity index (χ0n) is 15.2. The zero-order chi connectivity index (χ0) is 18.7. The molecule has 1 N–H and O–H groups in total. The number of nitrogens with zero attached hydrogens (tertiary/aromatic N) is 2. The summed E-state index contributed by atoms with van der Waals surface area (Å²) in [5.74, 6) is -0.0508. The molecule has 6 nitrogen and oxygen atoms in total. The predicted molar refractivity (Wildman–Crippen MR) is 97.3 cm³/mol. The van der Waals surface area contributed by atoms with Crippen molar-refractivity contribution in [2.24, 2.45) is 11.8 Å². The average Bonchev–Trinajstić information content (AvgIpc) is 3.23. The Bertz CT molecular complexity index is 686. The standard InChI is InChI=1S/C20H26N2O4/c1-21-8-6-14(12-21)10-18(23)11-15-7-9-22(13-15)19(24)16-2-4-17(5-3-16)20(25)26/h2-5,14-15H,6-13H2,1H3,(H,25,26)/t14-,15-/m0/s1. The first-order valence-electron chi connectivity index (χ1n) is 9.25. The number of hydrogen-bond acceptors (Lipinski definition) is 4. The fraction of sp³-hybridized carbons (Fsp3) is 0.550. The van der Waals surface area contributed by atoms with Crippen molar-refractivity contribution in [3.8, 4) is 0 Å². The van der Waals surface area contributed by atoms with Crippen LogP contribution >= 0.6 is 0 Å². The molecule has 2 heterocycles. The lowest BCUT2D eigenvalue weighted by Gasteiger charge is -2.17. The summed E-state index contributed by atoms with van der Waals surface area (Å²) in [6, 6.07) is 6.01. The molecule has 2 aliphatic heterocycles. The van der Waals surface area contributed by atoms with Crippen LogP contribution in [-0.4, -0.2) is 65.8 Å². The first kappa shape index (κ1) is 18.6. The molecule has 1 aromatic rings. The van der Waals surface area contributed by atoms with E-state index in [-0.39, 0.29) is 17.4 Å². The van der Waals surface area contributed by atoms with Crippen LogP contribution < -0.4 is 0 Å². The topological polar surface area (TPSA) is 77.9 Å². The summed E-state index contributed by atoms with van der Waals surface area (Å²) in [6.07, 6.45) is 3.17. The van der Waals surface area contributed by atoms with E-state index in [1.165, 1.54) is 12.1 Å². The minimum Gasteiger partial charge on any atom is -0.478 e. The normalized spacial score (nSPS) is 23.3. The van der Waals surface area contributed by atoms with E-state index in [1.54, 1.807) is 17.0 Å². The molecule has 2 saturated heterocycles. The molecular weight excluding hydrogens is 332 g/mol. The summed E-state index contributed by atoms with van der Waals surface area (Å²) in [6.45, 7) is 3.34. The fourth-order valence-corrected chi connectivity index (χ4v) is 4.04. The van der Waals surface area contributed by atoms with Gasteiger partial charge in [0.05, 0.1) is 5.56 Å². The highest BCUT2D eigenvalue weighted by molar-refractivity contribution is 5.96. The summed E-state index contributed by atoms with van der Waals surface area (Å²) in [4.78, 5) is 39.8. The third-order valence-electron chi connectivity index (χ3n) is 5.47. The van der Waals surface area contributed by atoms with Crippen molar-refractivity contribution >= 4 is 17.7 Å². The van der Waals surface area contributed by atoms with Crippen molar-refractivity contribution in [3.05, 3.63) is 35.4 Å². The molecule has 6 heteroatoms. The quantitative estimate of drug-likeness (QED) is 0.843. The Hall–Kier alpha value is -2.21. The smallest absolute Gasteiger partial charge is 0.335 e. The maximum atomic E-state index is 12.6. The van der Waals surface area contributed by atoms with Gasteiger partial charge < -0.3 is 14.9 Å². The lowest BCUT2D eigenvalue weighted by molar-refractivity contribution is -0.120. The van der Waals surface area contributed by atoms with Gasteiger partial charge in [-0.2, -0.15) is 0 Å². The molecule has 0 unspecified atom stereocenters. The molecule has 2 atom stereocenters. The van der Waals surface area contributed by atoms with Gasteiger partial charge in [-0.25, -0.2) is 4.79 Å². The van der Waals surface area contributed by atoms with Crippen molar-refractivity contribution in [2.45, 2.75) is 25.7 Å². The summed E-state index contributed by atoms with van der Waals surface area (Å²) in [5, 5.41) is 8.93. The van der Waals surface area contributed by atoms with Crippen molar-refractivity contribution in [3.63, 3.8) is 0 Å². The monoisotopic (exact) mass is 358 g/mol. The van der Waals surface area contributed by atoms with E-state index >= 15 is 0 Å². The molecule has 1 amide bonds. The minimum absolute atomic E-state index is 0.0886. The number of ketones is 1. The second-order valence-electron chi connectivity index (χ2n) is 7.65. The molecule has 2 aliphatic rings. The maximum absolute atomic E-state index is 12.6. The highest BCUT2D eigenvalue weighted by atomic mass is 16.4. The molecule has 26 heavy (non-hydrogen) atoms. The van der Waals surface area contributed by atoms with Crippen LogP contribution in [0.1, 0.15) is 46.4 Å². The van der Waals surface area contributed by atoms with Gasteiger partial charge in [0.15, 0.2) is 0 Å². The first-order valence-corrected chi connectivity index (χ1v) is 9.25. The van der Waals surface area contributed by atoms with Gasteiger partial charge in [-0.3, -0.25) is 9.59 Å². The Morgan fingerprint density at radius 3 is 2.12 bits per heavy atom. The van der Waals surface area contributed by atoms with Gasteiger partial charge in [0, 0.05) is 38.0 Å². The van der Waals surface area contributed by atoms with Crippen molar-refractivity contribution in [2.75, 3.05) is 33.2 Å². The molecule has 3 rings (SSSR count). The largest absolute Gasteiger partial charge is 0.478 e. The lowest BCUT2D eigenvalue weighted by atomic mass is 9.94. The molecule has 140 valence electrons. The molecule has 2 fully saturated rings. The van der Waals surface area contributed by atoms with Crippen LogP contribution in [0.5, 0.6) is 0 Å². The highest BCUT2D eigenvalue weighted by Crippen LogP contribution is 2.25. The molecule has 0 saturated carbocycles. The Morgan fingerprint density at radius 2 is 1.54 bits per heavy atom. The predicted octanol–water partition coefficient (Wildman–Crippen LogP) is 2.15. The van der Waals surface area contributed by atoms with Crippen molar-refractivity contribution in [1.29, 1.82) is 0 Å². The van der Waals surface area contributed by atoms with Crippen LogP contribution in [0.15, 0.2) is 24.3 Å². The number of Topliss-reactive ketones (excluding diaryl/α,β-unsaturated/α-hetero) is 1. The van der Waals surface area contributed by atoms with E-state index in [1.807, 2.05) is 0 Å². The van der Waals surface area contributed by atoms with Crippen LogP contribution in [0.3, 0.4) is 0 Å². The second-order valence-corrected chi connectivity index (χ2v) is 7.65. The Labute approximate surface area is 153 Å². The number of rotatable bonds is 6. The number of amides is 1. The Balaban J connectivity index is 1.49. The van der Waals surface area contributed by atoms with E-state index in [9.17, 15) is 14.4 Å². The maximum Gasteiger partial charge on any atom is 0.335 e. The van der Waals surface area contributed by atoms with Crippen LogP contribution in [-0.2, 0) is 4.79 Å². The average molecular weight is 358 g/mol. The molecule has 0 aliphatic carbocycles. The zero-order valence-corrected chi connectivity index (χ0v) is 15.2. The van der Waals surface area contributed by atoms with Gasteiger partial charge in [0.1, 0.15) is 5.78 Å². The van der Waals surface area contributed by atoms with Crippen LogP contribution in [0.2, 0.25) is 0 Å². The van der Waals surface area contributed by atoms with Gasteiger partial charge in [0.25, 0.3) is 5.91 Å². The van der Waals surface area contributed by atoms with E-state index in [2.05, 4.69) is 11.9 Å². The molecule has 0 aromatic heterocycles. The van der Waals surface area contributed by atoms with E-state index in [0.29, 0.717) is 43.2 Å². The number of benzene rings is 1. The van der Waals surface area contributed by atoms with Crippen molar-refractivity contribution < 1.29 is 19.5 Å². The molecule has 0 spiro atoms.